The van der Waals surface area contributed by atoms with Gasteiger partial charge in [0, 0.05) is 0 Å². The lowest BCUT2D eigenvalue weighted by Gasteiger charge is -2.34. The zero-order chi connectivity index (χ0) is 13.7. The zero-order valence-electron chi connectivity index (χ0n) is 13.0. The summed E-state index contributed by atoms with van der Waals surface area (Å²) in [6.07, 6.45) is 14.1. The highest BCUT2D eigenvalue weighted by Gasteiger charge is 2.18. The first kappa shape index (κ1) is 18.8. The molecule has 0 aliphatic rings. The second-order valence-corrected chi connectivity index (χ2v) is 12.8. The van der Waals surface area contributed by atoms with Crippen LogP contribution in [0.25, 0.3) is 0 Å². The highest BCUT2D eigenvalue weighted by molar-refractivity contribution is 9.58. The fourth-order valence-corrected chi connectivity index (χ4v) is 7.21. The van der Waals surface area contributed by atoms with Crippen molar-refractivity contribution >= 4 is 23.3 Å². The summed E-state index contributed by atoms with van der Waals surface area (Å²) in [5.74, 6) is 4.40. The van der Waals surface area contributed by atoms with Gasteiger partial charge >= 0.3 is 0 Å². The lowest BCUT2D eigenvalue weighted by Crippen LogP contribution is -2.08. The third-order valence-electron chi connectivity index (χ3n) is 3.59. The minimum atomic E-state index is -0.450. The Balaban J connectivity index is 3.90. The Morgan fingerprint density at radius 2 is 0.944 bits per heavy atom. The molecule has 0 spiro atoms. The molecule has 0 fully saturated rings. The van der Waals surface area contributed by atoms with Gasteiger partial charge in [0.2, 0.25) is 0 Å². The molecule has 0 N–H and O–H groups in total. The second kappa shape index (κ2) is 12.8. The van der Waals surface area contributed by atoms with Crippen molar-refractivity contribution in [2.45, 2.75) is 85.0 Å². The monoisotopic (exact) mass is 338 g/mol. The summed E-state index contributed by atoms with van der Waals surface area (Å²) in [6, 6.07) is 0. The molecule has 2 heteroatoms. The number of rotatable bonds is 13. The van der Waals surface area contributed by atoms with Gasteiger partial charge in [-0.1, -0.05) is 65.7 Å². The third kappa shape index (κ3) is 10.7. The summed E-state index contributed by atoms with van der Waals surface area (Å²) in [5.41, 5.74) is 0. The molecule has 0 aliphatic carbocycles. The van der Waals surface area contributed by atoms with Gasteiger partial charge in [0.1, 0.15) is 0 Å². The molecule has 0 heterocycles. The average Bonchev–Trinajstić information content (AvgIpc) is 2.38. The third-order valence-corrected chi connectivity index (χ3v) is 9.57. The largest absolute Gasteiger partial charge is 0.183 e. The molecule has 0 atom stereocenters. The summed E-state index contributed by atoms with van der Waals surface area (Å²) >= 11 is 4.17. The molecule has 0 aromatic heterocycles. The van der Waals surface area contributed by atoms with Crippen LogP contribution in [0.1, 0.15) is 85.0 Å². The molecule has 112 valence electrons. The quantitative estimate of drug-likeness (QED) is 0.315. The number of hydrogen-bond donors (Lipinski definition) is 0. The molecule has 0 nitrogen and oxygen atoms in total. The van der Waals surface area contributed by atoms with Crippen LogP contribution in [0.3, 0.4) is 0 Å². The van der Waals surface area contributed by atoms with E-state index in [1.807, 2.05) is 0 Å². The molecule has 0 aromatic carbocycles. The minimum absolute atomic E-state index is 0.450. The van der Waals surface area contributed by atoms with Crippen molar-refractivity contribution in [3.63, 3.8) is 0 Å². The van der Waals surface area contributed by atoms with Crippen LogP contribution in [0, 0.1) is 0 Å². The summed E-state index contributed by atoms with van der Waals surface area (Å²) in [5, 5.41) is 0. The summed E-state index contributed by atoms with van der Waals surface area (Å²) in [6.45, 7) is 6.92. The van der Waals surface area contributed by atoms with Crippen molar-refractivity contribution in [1.82, 2.24) is 0 Å². The van der Waals surface area contributed by atoms with Crippen molar-refractivity contribution in [2.24, 2.45) is 0 Å². The van der Waals surface area contributed by atoms with Crippen molar-refractivity contribution in [1.29, 1.82) is 0 Å². The van der Waals surface area contributed by atoms with E-state index >= 15 is 0 Å². The van der Waals surface area contributed by atoms with Crippen molar-refractivity contribution < 1.29 is 0 Å². The van der Waals surface area contributed by atoms with Crippen molar-refractivity contribution in [3.05, 3.63) is 0 Å². The summed E-state index contributed by atoms with van der Waals surface area (Å²) in [7, 11) is -0.450. The molecule has 0 aromatic rings. The van der Waals surface area contributed by atoms with Gasteiger partial charge < -0.3 is 0 Å². The van der Waals surface area contributed by atoms with Gasteiger partial charge in [-0.2, -0.15) is 8.46 Å². The van der Waals surface area contributed by atoms with Gasteiger partial charge in [-0.3, -0.25) is 0 Å². The van der Waals surface area contributed by atoms with Crippen molar-refractivity contribution in [2.75, 3.05) is 17.3 Å². The van der Waals surface area contributed by atoms with E-state index in [0.29, 0.717) is 0 Å². The Morgan fingerprint density at radius 1 is 0.556 bits per heavy atom. The standard InChI is InChI=1S/C16H35BrS/c1-4-7-10-12-15-18(17,14-9-6-3)16-13-11-8-5-2/h4-16H2,1-3H3. The first-order valence-corrected chi connectivity index (χ1v) is 12.1. The van der Waals surface area contributed by atoms with Crippen LogP contribution in [0.2, 0.25) is 0 Å². The molecular weight excluding hydrogens is 304 g/mol. The first-order chi connectivity index (χ1) is 8.68. The molecule has 0 saturated carbocycles. The van der Waals surface area contributed by atoms with Gasteiger partial charge in [0.25, 0.3) is 0 Å². The Kier molecular flexibility index (Phi) is 13.4. The van der Waals surface area contributed by atoms with Crippen LogP contribution in [0.4, 0.5) is 0 Å². The Morgan fingerprint density at radius 3 is 1.33 bits per heavy atom. The molecule has 18 heavy (non-hydrogen) atoms. The van der Waals surface area contributed by atoms with E-state index in [9.17, 15) is 0 Å². The maximum absolute atomic E-state index is 4.17. The molecule has 0 bridgehead atoms. The Labute approximate surface area is 125 Å². The van der Waals surface area contributed by atoms with E-state index in [4.69, 9.17) is 0 Å². The van der Waals surface area contributed by atoms with E-state index in [0.717, 1.165) is 0 Å². The van der Waals surface area contributed by atoms with Gasteiger partial charge in [-0.05, 0) is 51.3 Å². The highest BCUT2D eigenvalue weighted by Crippen LogP contribution is 2.57. The van der Waals surface area contributed by atoms with Gasteiger partial charge in [0.05, 0.1) is 0 Å². The lowest BCUT2D eigenvalue weighted by atomic mass is 10.2. The summed E-state index contributed by atoms with van der Waals surface area (Å²) in [4.78, 5) is 0. The summed E-state index contributed by atoms with van der Waals surface area (Å²) < 4.78 is 0. The molecule has 0 saturated heterocycles. The average molecular weight is 339 g/mol. The van der Waals surface area contributed by atoms with E-state index in [2.05, 4.69) is 35.6 Å². The zero-order valence-corrected chi connectivity index (χ0v) is 15.4. The Hall–Kier alpha value is 0.830. The normalized spacial score (nSPS) is 12.9. The van der Waals surface area contributed by atoms with Crippen LogP contribution in [0.5, 0.6) is 0 Å². The number of hydrogen-bond acceptors (Lipinski definition) is 0. The maximum atomic E-state index is 4.17. The van der Waals surface area contributed by atoms with Crippen molar-refractivity contribution in [3.8, 4) is 0 Å². The SMILES string of the molecule is CCCCCCS(Br)(CCCC)CCCCCC. The molecule has 0 radical (unpaired) electrons. The fourth-order valence-electron chi connectivity index (χ4n) is 2.28. The van der Waals surface area contributed by atoms with Crippen LogP contribution in [-0.2, 0) is 0 Å². The molecule has 0 rings (SSSR count). The number of halogens is 1. The van der Waals surface area contributed by atoms with Crippen LogP contribution in [-0.4, -0.2) is 17.3 Å². The molecule has 0 aliphatic heterocycles. The predicted molar refractivity (Wildman–Crippen MR) is 94.3 cm³/mol. The van der Waals surface area contributed by atoms with E-state index in [1.54, 1.807) is 0 Å². The molecule has 0 amide bonds. The van der Waals surface area contributed by atoms with E-state index < -0.39 is 8.46 Å². The van der Waals surface area contributed by atoms with Crippen LogP contribution < -0.4 is 0 Å². The highest BCUT2D eigenvalue weighted by atomic mass is 79.9. The molecular formula is C16H35BrS. The topological polar surface area (TPSA) is 0 Å². The van der Waals surface area contributed by atoms with Gasteiger partial charge in [0.15, 0.2) is 0 Å². The number of unbranched alkanes of at least 4 members (excludes halogenated alkanes) is 7. The van der Waals surface area contributed by atoms with Gasteiger partial charge in [-0.15, -0.1) is 0 Å². The second-order valence-electron chi connectivity index (χ2n) is 5.53. The van der Waals surface area contributed by atoms with E-state index in [1.165, 1.54) is 81.5 Å². The predicted octanol–water partition coefficient (Wildman–Crippen LogP) is 7.06. The van der Waals surface area contributed by atoms with Gasteiger partial charge in [-0.25, -0.2) is 0 Å². The lowest BCUT2D eigenvalue weighted by molar-refractivity contribution is 0.697. The van der Waals surface area contributed by atoms with E-state index in [-0.39, 0.29) is 0 Å². The fraction of sp³-hybridized carbons (Fsp3) is 1.00. The van der Waals surface area contributed by atoms with Crippen LogP contribution in [0.15, 0.2) is 0 Å². The molecule has 0 unspecified atom stereocenters. The first-order valence-electron chi connectivity index (χ1n) is 8.14. The van der Waals surface area contributed by atoms with Crippen LogP contribution >= 0.6 is 23.3 Å². The maximum Gasteiger partial charge on any atom is -0.0136 e. The smallest absolute Gasteiger partial charge is 0.0136 e. The minimum Gasteiger partial charge on any atom is -0.183 e. The Bertz CT molecular complexity index is 158.